The molecular formula is C48H30N6. The number of nitrogens with zero attached hydrogens (tertiary/aromatic N) is 6. The van der Waals surface area contributed by atoms with Gasteiger partial charge in [-0.1, -0.05) is 164 Å². The molecule has 0 atom stereocenters. The monoisotopic (exact) mass is 690 g/mol. The number of benzene rings is 7. The second-order valence-electron chi connectivity index (χ2n) is 12.9. The first kappa shape index (κ1) is 32.3. The zero-order chi connectivity index (χ0) is 36.3. The lowest BCUT2D eigenvalue weighted by molar-refractivity contribution is 1.07. The van der Waals surface area contributed by atoms with Gasteiger partial charge in [-0.15, -0.1) is 0 Å². The third-order valence-corrected chi connectivity index (χ3v) is 9.43. The second kappa shape index (κ2) is 14.2. The normalized spacial score (nSPS) is 10.9. The maximum Gasteiger partial charge on any atom is 0.164 e. The van der Waals surface area contributed by atoms with Crippen LogP contribution in [-0.4, -0.2) is 24.9 Å². The quantitative estimate of drug-likeness (QED) is 0.165. The third kappa shape index (κ3) is 6.50. The highest BCUT2D eigenvalue weighted by Crippen LogP contribution is 2.32. The van der Waals surface area contributed by atoms with Crippen molar-refractivity contribution in [3.8, 4) is 85.1 Å². The summed E-state index contributed by atoms with van der Waals surface area (Å²) in [6.45, 7) is 0. The van der Waals surface area contributed by atoms with Crippen LogP contribution in [-0.2, 0) is 0 Å². The molecule has 0 fully saturated rings. The Balaban J connectivity index is 1.02. The number of aromatic nitrogens is 5. The summed E-state index contributed by atoms with van der Waals surface area (Å²) >= 11 is 0. The number of para-hydroxylation sites is 1. The summed E-state index contributed by atoms with van der Waals surface area (Å²) in [7, 11) is 0. The van der Waals surface area contributed by atoms with Crippen LogP contribution in [0.4, 0.5) is 0 Å². The van der Waals surface area contributed by atoms with Crippen LogP contribution in [0.5, 0.6) is 0 Å². The summed E-state index contributed by atoms with van der Waals surface area (Å²) < 4.78 is 0. The minimum absolute atomic E-state index is 0.594. The number of fused-ring (bicyclic) bond motifs is 1. The van der Waals surface area contributed by atoms with E-state index in [1.54, 1.807) is 0 Å². The van der Waals surface area contributed by atoms with E-state index < -0.39 is 0 Å². The highest BCUT2D eigenvalue weighted by atomic mass is 15.0. The van der Waals surface area contributed by atoms with Gasteiger partial charge in [0.1, 0.15) is 0 Å². The lowest BCUT2D eigenvalue weighted by atomic mass is 10.0. The highest BCUT2D eigenvalue weighted by Gasteiger charge is 2.14. The molecule has 6 nitrogen and oxygen atoms in total. The molecule has 0 N–H and O–H groups in total. The molecule has 0 saturated heterocycles. The minimum Gasteiger partial charge on any atom is -0.228 e. The molecule has 2 heterocycles. The van der Waals surface area contributed by atoms with E-state index in [9.17, 15) is 0 Å². The Morgan fingerprint density at radius 3 is 1.11 bits per heavy atom. The summed E-state index contributed by atoms with van der Waals surface area (Å²) in [6.07, 6.45) is 0. The number of nitriles is 1. The van der Waals surface area contributed by atoms with Gasteiger partial charge in [0, 0.05) is 33.2 Å². The van der Waals surface area contributed by atoms with Crippen LogP contribution in [0.1, 0.15) is 5.56 Å². The summed E-state index contributed by atoms with van der Waals surface area (Å²) in [5.41, 5.74) is 11.4. The van der Waals surface area contributed by atoms with Gasteiger partial charge in [0.2, 0.25) is 0 Å². The largest absolute Gasteiger partial charge is 0.228 e. The molecule has 6 heteroatoms. The van der Waals surface area contributed by atoms with Gasteiger partial charge in [-0.25, -0.2) is 24.9 Å². The smallest absolute Gasteiger partial charge is 0.164 e. The molecule has 0 aliphatic carbocycles. The van der Waals surface area contributed by atoms with Crippen LogP contribution in [0.25, 0.3) is 90.0 Å². The van der Waals surface area contributed by atoms with E-state index in [1.165, 1.54) is 0 Å². The summed E-state index contributed by atoms with van der Waals surface area (Å²) in [4.78, 5) is 24.7. The van der Waals surface area contributed by atoms with Crippen LogP contribution >= 0.6 is 0 Å². The van der Waals surface area contributed by atoms with E-state index in [0.717, 1.165) is 66.7 Å². The molecule has 0 bridgehead atoms. The van der Waals surface area contributed by atoms with Gasteiger partial charge in [0.25, 0.3) is 0 Å². The van der Waals surface area contributed by atoms with Gasteiger partial charge in [-0.3, -0.25) is 0 Å². The number of rotatable bonds is 7. The van der Waals surface area contributed by atoms with Crippen molar-refractivity contribution in [1.29, 1.82) is 5.26 Å². The van der Waals surface area contributed by atoms with Gasteiger partial charge in [0.15, 0.2) is 23.3 Å². The van der Waals surface area contributed by atoms with Crippen molar-refractivity contribution >= 4 is 10.9 Å². The van der Waals surface area contributed by atoms with Gasteiger partial charge in [0.05, 0.1) is 22.8 Å². The molecule has 252 valence electrons. The van der Waals surface area contributed by atoms with Crippen molar-refractivity contribution in [1.82, 2.24) is 24.9 Å². The topological polar surface area (TPSA) is 88.2 Å². The Kier molecular flexibility index (Phi) is 8.48. The zero-order valence-electron chi connectivity index (χ0n) is 29.0. The first-order valence-electron chi connectivity index (χ1n) is 17.6. The molecule has 9 rings (SSSR count). The Hall–Kier alpha value is -7.62. The molecule has 0 amide bonds. The van der Waals surface area contributed by atoms with E-state index in [4.69, 9.17) is 30.2 Å². The van der Waals surface area contributed by atoms with Crippen LogP contribution in [0, 0.1) is 11.3 Å². The molecule has 7 aromatic carbocycles. The predicted molar refractivity (Wildman–Crippen MR) is 216 cm³/mol. The molecule has 0 aliphatic heterocycles. The summed E-state index contributed by atoms with van der Waals surface area (Å²) in [6, 6.07) is 63.0. The van der Waals surface area contributed by atoms with Gasteiger partial charge < -0.3 is 0 Å². The van der Waals surface area contributed by atoms with Gasteiger partial charge >= 0.3 is 0 Å². The van der Waals surface area contributed by atoms with Crippen molar-refractivity contribution in [3.63, 3.8) is 0 Å². The standard InChI is InChI=1S/C48H30N6/c49-31-32-15-17-33(18-16-32)34-21-27-40(28-22-34)47-52-46(38-11-5-2-6-12-38)53-48(54-47)41-29-23-36(24-30-41)35-19-25-39(26-20-35)45-50-43-14-8-7-13-42(43)44(51-45)37-9-3-1-4-10-37/h1-30H. The minimum atomic E-state index is 0.594. The van der Waals surface area contributed by atoms with Crippen LogP contribution in [0.15, 0.2) is 182 Å². The number of hydrogen-bond acceptors (Lipinski definition) is 6. The maximum atomic E-state index is 9.17. The fraction of sp³-hybridized carbons (Fsp3) is 0. The van der Waals surface area contributed by atoms with Crippen LogP contribution in [0.2, 0.25) is 0 Å². The lowest BCUT2D eigenvalue weighted by Gasteiger charge is -2.11. The van der Waals surface area contributed by atoms with Crippen molar-refractivity contribution in [3.05, 3.63) is 188 Å². The molecule has 54 heavy (non-hydrogen) atoms. The van der Waals surface area contributed by atoms with E-state index in [2.05, 4.69) is 84.9 Å². The lowest BCUT2D eigenvalue weighted by Crippen LogP contribution is -2.00. The van der Waals surface area contributed by atoms with Gasteiger partial charge in [-0.05, 0) is 40.5 Å². The third-order valence-electron chi connectivity index (χ3n) is 9.43. The van der Waals surface area contributed by atoms with Crippen LogP contribution < -0.4 is 0 Å². The van der Waals surface area contributed by atoms with Crippen molar-refractivity contribution in [2.75, 3.05) is 0 Å². The molecule has 0 radical (unpaired) electrons. The second-order valence-corrected chi connectivity index (χ2v) is 12.9. The maximum absolute atomic E-state index is 9.17. The van der Waals surface area contributed by atoms with E-state index in [0.29, 0.717) is 28.9 Å². The molecule has 9 aromatic rings. The van der Waals surface area contributed by atoms with Crippen molar-refractivity contribution in [2.45, 2.75) is 0 Å². The van der Waals surface area contributed by atoms with Crippen molar-refractivity contribution < 1.29 is 0 Å². The first-order valence-corrected chi connectivity index (χ1v) is 17.6. The highest BCUT2D eigenvalue weighted by molar-refractivity contribution is 5.93. The molecule has 0 unspecified atom stereocenters. The Morgan fingerprint density at radius 1 is 0.296 bits per heavy atom. The molecular weight excluding hydrogens is 661 g/mol. The van der Waals surface area contributed by atoms with Crippen LogP contribution in [0.3, 0.4) is 0 Å². The van der Waals surface area contributed by atoms with Gasteiger partial charge in [-0.2, -0.15) is 5.26 Å². The molecule has 0 saturated carbocycles. The average Bonchev–Trinajstić information content (AvgIpc) is 3.26. The SMILES string of the molecule is N#Cc1ccc(-c2ccc(-c3nc(-c4ccccc4)nc(-c4ccc(-c5ccc(-c6nc(-c7ccccc7)c7ccccc7n6)cc5)cc4)n3)cc2)cc1. The van der Waals surface area contributed by atoms with E-state index in [-0.39, 0.29) is 0 Å². The Labute approximate surface area is 312 Å². The van der Waals surface area contributed by atoms with Crippen molar-refractivity contribution in [2.24, 2.45) is 0 Å². The summed E-state index contributed by atoms with van der Waals surface area (Å²) in [5.74, 6) is 2.49. The number of hydrogen-bond donors (Lipinski definition) is 0. The Bertz CT molecular complexity index is 2780. The fourth-order valence-corrected chi connectivity index (χ4v) is 6.54. The zero-order valence-corrected chi connectivity index (χ0v) is 29.0. The average molecular weight is 691 g/mol. The Morgan fingerprint density at radius 2 is 0.648 bits per heavy atom. The molecule has 2 aromatic heterocycles. The van der Waals surface area contributed by atoms with E-state index >= 15 is 0 Å². The van der Waals surface area contributed by atoms with E-state index in [1.807, 2.05) is 103 Å². The molecule has 0 aliphatic rings. The summed E-state index contributed by atoms with van der Waals surface area (Å²) in [5, 5.41) is 10.2. The predicted octanol–water partition coefficient (Wildman–Crippen LogP) is 11.4. The molecule has 0 spiro atoms. The fourth-order valence-electron chi connectivity index (χ4n) is 6.54. The first-order chi connectivity index (χ1) is 26.7.